The number of allylic oxidation sites excluding steroid dienone is 4. The molecule has 2 saturated heterocycles. The van der Waals surface area contributed by atoms with Crippen LogP contribution in [0.5, 0.6) is 0 Å². The molecule has 5 fully saturated rings. The van der Waals surface area contributed by atoms with E-state index in [1.807, 2.05) is 51.6 Å². The second kappa shape index (κ2) is 21.1. The van der Waals surface area contributed by atoms with Gasteiger partial charge in [-0.1, -0.05) is 61.5 Å². The lowest BCUT2D eigenvalue weighted by Crippen LogP contribution is -2.70. The molecule has 0 spiro atoms. The zero-order valence-electron chi connectivity index (χ0n) is 44.9. The van der Waals surface area contributed by atoms with Gasteiger partial charge in [0.2, 0.25) is 0 Å². The van der Waals surface area contributed by atoms with Crippen molar-refractivity contribution in [3.05, 3.63) is 23.8 Å². The van der Waals surface area contributed by atoms with Crippen LogP contribution in [0, 0.1) is 51.8 Å². The molecular weight excluding hydrogens is 937 g/mol. The van der Waals surface area contributed by atoms with E-state index in [0.717, 1.165) is 0 Å². The first-order valence-corrected chi connectivity index (χ1v) is 26.8. The fourth-order valence-corrected chi connectivity index (χ4v) is 15.4. The van der Waals surface area contributed by atoms with E-state index in [9.17, 15) is 45.0 Å². The molecule has 2 aliphatic heterocycles. The maximum Gasteiger partial charge on any atom is 0.311 e. The van der Waals surface area contributed by atoms with Gasteiger partial charge in [-0.05, 0) is 134 Å². The number of amides is 1. The molecule has 3 saturated carbocycles. The van der Waals surface area contributed by atoms with Crippen molar-refractivity contribution in [3.63, 3.8) is 0 Å². The number of ketones is 1. The lowest BCUT2D eigenvalue weighted by molar-refractivity contribution is -0.290. The third-order valence-electron chi connectivity index (χ3n) is 19.0. The van der Waals surface area contributed by atoms with Gasteiger partial charge in [-0.15, -0.1) is 11.6 Å². The number of aliphatic hydroxyl groups is 6. The quantitative estimate of drug-likeness (QED) is 0.0948. The molecule has 0 aromatic heterocycles. The van der Waals surface area contributed by atoms with Crippen LogP contribution in [-0.2, 0) is 28.6 Å². The molecular formula is C54H89ClFN3O12. The van der Waals surface area contributed by atoms with Crippen LogP contribution in [0.15, 0.2) is 23.8 Å². The van der Waals surface area contributed by atoms with E-state index in [0.29, 0.717) is 38.8 Å². The maximum absolute atomic E-state index is 16.2. The van der Waals surface area contributed by atoms with Crippen LogP contribution < -0.4 is 5.32 Å². The highest BCUT2D eigenvalue weighted by molar-refractivity contribution is 6.26. The molecule has 0 aromatic carbocycles. The summed E-state index contributed by atoms with van der Waals surface area (Å²) in [6.07, 6.45) is -3.32. The Morgan fingerprint density at radius 2 is 1.61 bits per heavy atom. The van der Waals surface area contributed by atoms with Gasteiger partial charge < -0.3 is 55.1 Å². The average Bonchev–Trinajstić information content (AvgIpc) is 3.49. The normalized spacial score (nSPS) is 48.9. The van der Waals surface area contributed by atoms with Crippen molar-refractivity contribution in [2.24, 2.45) is 51.8 Å². The zero-order valence-corrected chi connectivity index (χ0v) is 45.7. The van der Waals surface area contributed by atoms with Gasteiger partial charge in [0.25, 0.3) is 5.91 Å². The highest BCUT2D eigenvalue weighted by Gasteiger charge is 2.76. The maximum atomic E-state index is 16.2. The Bertz CT molecular complexity index is 2010. The van der Waals surface area contributed by atoms with Crippen molar-refractivity contribution in [1.29, 1.82) is 0 Å². The van der Waals surface area contributed by atoms with Crippen molar-refractivity contribution in [2.75, 3.05) is 33.7 Å². The minimum Gasteiger partial charge on any atom is -0.459 e. The molecule has 4 aliphatic carbocycles. The first kappa shape index (κ1) is 58.2. The Morgan fingerprint density at radius 1 is 0.958 bits per heavy atom. The molecule has 15 nitrogen and oxygen atoms in total. The van der Waals surface area contributed by atoms with Gasteiger partial charge in [0.1, 0.15) is 30.1 Å². The van der Waals surface area contributed by atoms with Gasteiger partial charge in [-0.2, -0.15) is 0 Å². The number of aliphatic hydroxyl groups excluding tert-OH is 4. The molecule has 71 heavy (non-hydrogen) atoms. The number of hydrogen-bond acceptors (Lipinski definition) is 14. The van der Waals surface area contributed by atoms with Crippen LogP contribution >= 0.6 is 11.6 Å². The fraction of sp³-hybridized carbons (Fsp3) is 0.870. The van der Waals surface area contributed by atoms with E-state index in [1.54, 1.807) is 47.6 Å². The Kier molecular flexibility index (Phi) is 17.3. The first-order chi connectivity index (χ1) is 32.8. The molecule has 7 N–H and O–H groups in total. The molecule has 0 radical (unpaired) electrons. The topological polar surface area (TPSA) is 219 Å². The number of ether oxygens (including phenoxy) is 3. The average molecular weight is 1030 g/mol. The predicted molar refractivity (Wildman–Crippen MR) is 268 cm³/mol. The summed E-state index contributed by atoms with van der Waals surface area (Å²) in [6, 6.07) is -0.944. The number of fused-ring (bicyclic) bond motifs is 5. The Labute approximate surface area is 427 Å². The summed E-state index contributed by atoms with van der Waals surface area (Å²) in [5, 5.41) is 75.4. The highest BCUT2D eigenvalue weighted by Crippen LogP contribution is 2.71. The Balaban J connectivity index is 1.23. The molecule has 6 rings (SSSR count). The summed E-state index contributed by atoms with van der Waals surface area (Å²) in [4.78, 5) is 43.4. The third-order valence-corrected chi connectivity index (χ3v) is 19.9. The minimum absolute atomic E-state index is 0.0223. The minimum atomic E-state index is -1.94. The molecule has 0 aromatic rings. The number of nitrogens with zero attached hydrogens (tertiary/aromatic N) is 2. The van der Waals surface area contributed by atoms with E-state index in [4.69, 9.17) is 25.8 Å². The molecule has 1 amide bonds. The zero-order chi connectivity index (χ0) is 53.3. The number of rotatable bonds is 9. The number of nitrogens with one attached hydrogen (secondary N) is 1. The van der Waals surface area contributed by atoms with E-state index in [1.165, 1.54) is 19.1 Å². The summed E-state index contributed by atoms with van der Waals surface area (Å²) in [6.45, 7) is 22.7. The van der Waals surface area contributed by atoms with Gasteiger partial charge in [-0.3, -0.25) is 19.3 Å². The van der Waals surface area contributed by atoms with Gasteiger partial charge in [0.05, 0.1) is 35.2 Å². The Morgan fingerprint density at radius 3 is 2.23 bits per heavy atom. The van der Waals surface area contributed by atoms with Crippen molar-refractivity contribution in [1.82, 2.24) is 15.1 Å². The number of hydrogen-bond donors (Lipinski definition) is 7. The molecule has 17 heteroatoms. The van der Waals surface area contributed by atoms with Crippen LogP contribution in [-0.4, -0.2) is 175 Å². The fourth-order valence-electron chi connectivity index (χ4n) is 14.9. The lowest BCUT2D eigenvalue weighted by Gasteiger charge is -2.64. The van der Waals surface area contributed by atoms with E-state index in [-0.39, 0.29) is 55.2 Å². The van der Waals surface area contributed by atoms with Crippen LogP contribution in [0.2, 0.25) is 0 Å². The SMILES string of the molecule is CC[C@H]1OC(=O)[C@H](C)[C@@H](O)[C@H](C)C(O[C@@H]2O[C@H](C)C[C@@H](N(C)C)C2O)C(C)(C)C[C@@H](C)CN(CCCNC(=O)[C@@]2(O)[C@H](C)CC3C4C[C@H](F)C5=CC(=O)C=C[C@]5(C)[C@@]4(Cl)[C@@H](O)C[C@@]32C)[C@H](C)[C@@H](O)[C@]1(C)O. The molecule has 0 bridgehead atoms. The van der Waals surface area contributed by atoms with E-state index < -0.39 is 129 Å². The van der Waals surface area contributed by atoms with Crippen molar-refractivity contribution < 1.29 is 63.6 Å². The first-order valence-electron chi connectivity index (χ1n) is 26.4. The molecule has 6 aliphatic rings. The van der Waals surface area contributed by atoms with Gasteiger partial charge in [0.15, 0.2) is 17.7 Å². The summed E-state index contributed by atoms with van der Waals surface area (Å²) in [7, 11) is 3.79. The number of carbonyl (C=O) groups is 3. The highest BCUT2D eigenvalue weighted by atomic mass is 35.5. The second-order valence-corrected chi connectivity index (χ2v) is 25.3. The summed E-state index contributed by atoms with van der Waals surface area (Å²) >= 11 is 7.54. The van der Waals surface area contributed by atoms with Crippen LogP contribution in [0.4, 0.5) is 4.39 Å². The van der Waals surface area contributed by atoms with Crippen molar-refractivity contribution >= 4 is 29.3 Å². The molecule has 406 valence electrons. The number of cyclic esters (lactones) is 1. The van der Waals surface area contributed by atoms with Crippen molar-refractivity contribution in [3.8, 4) is 0 Å². The van der Waals surface area contributed by atoms with E-state index in [2.05, 4.69) is 12.2 Å². The number of carbonyl (C=O) groups excluding carboxylic acids is 3. The Hall–Kier alpha value is -2.09. The lowest BCUT2D eigenvalue weighted by atomic mass is 9.45. The van der Waals surface area contributed by atoms with Gasteiger partial charge in [-0.25, -0.2) is 4.39 Å². The van der Waals surface area contributed by atoms with Crippen LogP contribution in [0.3, 0.4) is 0 Å². The van der Waals surface area contributed by atoms with E-state index >= 15 is 4.39 Å². The van der Waals surface area contributed by atoms with Gasteiger partial charge >= 0.3 is 5.97 Å². The van der Waals surface area contributed by atoms with Crippen LogP contribution in [0.25, 0.3) is 0 Å². The second-order valence-electron chi connectivity index (χ2n) is 24.7. The summed E-state index contributed by atoms with van der Waals surface area (Å²) in [5.74, 6) is -5.11. The largest absolute Gasteiger partial charge is 0.459 e. The number of esters is 1. The number of alkyl halides is 2. The number of likely N-dealkylation sites (N-methyl/N-ethyl adjacent to an activating group) is 1. The van der Waals surface area contributed by atoms with Crippen LogP contribution in [0.1, 0.15) is 128 Å². The monoisotopic (exact) mass is 1030 g/mol. The molecule has 4 unspecified atom stereocenters. The standard InChI is InChI=1S/C54H89ClFN3O12/c1-15-41-52(12,67)44(64)33(7)59(27-28(2)25-49(8,9)45(31(5)42(62)32(6)46(65)70-41)71-47-43(63)39(58(13)14)22-30(4)69-47)20-16-19-57-48(66)54(68)29(3)21-35-36-24-38(56)37-23-34(60)17-18-50(37,10)53(36,55)40(61)26-51(35,54)11/h17-18,23,28-33,35-36,38-45,47,61-64,67-68H,15-16,19-22,24-27H2,1-14H3,(H,57,66)/t28-,29-,30-,31+,32-,33-,35?,36?,38+,39-,40+,41-,42+,43?,44-,45?,47+,50+,51+,52-,53+,54+/m1/s1. The summed E-state index contributed by atoms with van der Waals surface area (Å²) in [5.41, 5.74) is -6.65. The predicted octanol–water partition coefficient (Wildman–Crippen LogP) is 4.69. The summed E-state index contributed by atoms with van der Waals surface area (Å²) < 4.78 is 35.2. The molecule has 2 heterocycles. The third kappa shape index (κ3) is 10.1. The molecule has 22 atom stereocenters. The smallest absolute Gasteiger partial charge is 0.311 e. The number of halogens is 2. The van der Waals surface area contributed by atoms with Gasteiger partial charge in [0, 0.05) is 48.5 Å². The van der Waals surface area contributed by atoms with Crippen molar-refractivity contribution in [2.45, 2.75) is 211 Å².